The molecule has 0 amide bonds. The Morgan fingerprint density at radius 2 is 2.00 bits per heavy atom. The van der Waals surface area contributed by atoms with Gasteiger partial charge in [0.05, 0.1) is 6.61 Å². The van der Waals surface area contributed by atoms with Gasteiger partial charge >= 0.3 is 0 Å². The lowest BCUT2D eigenvalue weighted by atomic mass is 10.1. The van der Waals surface area contributed by atoms with Crippen molar-refractivity contribution in [2.24, 2.45) is 0 Å². The Morgan fingerprint density at radius 3 is 2.27 bits per heavy atom. The van der Waals surface area contributed by atoms with E-state index in [1.807, 2.05) is 0 Å². The second-order valence-electron chi connectivity index (χ2n) is 2.44. The molecule has 0 radical (unpaired) electrons. The van der Waals surface area contributed by atoms with E-state index in [0.717, 1.165) is 0 Å². The zero-order valence-corrected chi connectivity index (χ0v) is 8.17. The van der Waals surface area contributed by atoms with E-state index in [-0.39, 0.29) is 6.61 Å². The molecule has 0 aromatic rings. The van der Waals surface area contributed by atoms with Crippen LogP contribution in [0.25, 0.3) is 0 Å². The second kappa shape index (κ2) is 3.61. The van der Waals surface area contributed by atoms with Crippen molar-refractivity contribution in [2.75, 3.05) is 6.61 Å². The Hall–Kier alpha value is 0.0169. The number of aliphatic hydroxyl groups is 3. The molecule has 0 aromatic carbocycles. The SMILES string of the molecule is OC[C@H]1O[C@H](O[SiH3])[C@H](O)[C@H]1O. The smallest absolute Gasteiger partial charge is 0.176 e. The van der Waals surface area contributed by atoms with Crippen LogP contribution < -0.4 is 0 Å². The molecule has 0 bridgehead atoms. The van der Waals surface area contributed by atoms with Gasteiger partial charge in [-0.3, -0.25) is 0 Å². The summed E-state index contributed by atoms with van der Waals surface area (Å²) in [6.45, 7) is -0.306. The fraction of sp³-hybridized carbons (Fsp3) is 1.00. The molecule has 11 heavy (non-hydrogen) atoms. The van der Waals surface area contributed by atoms with Gasteiger partial charge in [0, 0.05) is 0 Å². The monoisotopic (exact) mass is 180 g/mol. The Kier molecular flexibility index (Phi) is 2.99. The summed E-state index contributed by atoms with van der Waals surface area (Å²) in [6.07, 6.45) is -3.57. The van der Waals surface area contributed by atoms with Crippen LogP contribution in [0.3, 0.4) is 0 Å². The minimum absolute atomic E-state index is 0.306. The molecule has 5 nitrogen and oxygen atoms in total. The first-order valence-corrected chi connectivity index (χ1v) is 4.17. The summed E-state index contributed by atoms with van der Waals surface area (Å²) in [6, 6.07) is 0. The van der Waals surface area contributed by atoms with Crippen LogP contribution in [0.4, 0.5) is 0 Å². The van der Waals surface area contributed by atoms with Crippen LogP contribution in [0.2, 0.25) is 0 Å². The molecule has 0 aromatic heterocycles. The molecule has 6 heteroatoms. The lowest BCUT2D eigenvalue weighted by Crippen LogP contribution is -2.34. The third kappa shape index (κ3) is 1.61. The Bertz CT molecular complexity index is 114. The Morgan fingerprint density at radius 1 is 1.36 bits per heavy atom. The van der Waals surface area contributed by atoms with E-state index >= 15 is 0 Å². The van der Waals surface area contributed by atoms with Gasteiger partial charge in [-0.25, -0.2) is 0 Å². The summed E-state index contributed by atoms with van der Waals surface area (Å²) < 4.78 is 9.77. The van der Waals surface area contributed by atoms with Crippen molar-refractivity contribution < 1.29 is 24.5 Å². The molecule has 3 N–H and O–H groups in total. The second-order valence-corrected chi connectivity index (χ2v) is 2.91. The van der Waals surface area contributed by atoms with Crippen molar-refractivity contribution in [2.45, 2.75) is 24.6 Å². The number of rotatable bonds is 2. The number of hydrogen-bond acceptors (Lipinski definition) is 5. The summed E-state index contributed by atoms with van der Waals surface area (Å²) >= 11 is 0. The summed E-state index contributed by atoms with van der Waals surface area (Å²) in [5.74, 6) is 0. The van der Waals surface area contributed by atoms with Crippen molar-refractivity contribution in [3.05, 3.63) is 0 Å². The van der Waals surface area contributed by atoms with Crippen molar-refractivity contribution in [1.82, 2.24) is 0 Å². The Labute approximate surface area is 67.1 Å². The summed E-state index contributed by atoms with van der Waals surface area (Å²) in [5, 5.41) is 27.0. The molecule has 0 unspecified atom stereocenters. The van der Waals surface area contributed by atoms with Crippen molar-refractivity contribution in [3.8, 4) is 0 Å². The minimum Gasteiger partial charge on any atom is -0.402 e. The maximum atomic E-state index is 9.17. The molecule has 1 aliphatic rings. The van der Waals surface area contributed by atoms with Crippen LogP contribution in [0.15, 0.2) is 0 Å². The van der Waals surface area contributed by atoms with E-state index in [1.54, 1.807) is 0 Å². The van der Waals surface area contributed by atoms with Gasteiger partial charge in [-0.05, 0) is 0 Å². The lowest BCUT2D eigenvalue weighted by Gasteiger charge is -2.11. The fourth-order valence-electron chi connectivity index (χ4n) is 1.06. The van der Waals surface area contributed by atoms with E-state index in [4.69, 9.17) is 19.4 Å². The third-order valence-electron chi connectivity index (χ3n) is 1.73. The molecule has 0 saturated carbocycles. The van der Waals surface area contributed by atoms with Crippen LogP contribution >= 0.6 is 0 Å². The molecule has 4 atom stereocenters. The molecular formula is C5H12O5Si. The number of hydrogen-bond donors (Lipinski definition) is 3. The van der Waals surface area contributed by atoms with Crippen molar-refractivity contribution in [1.29, 1.82) is 0 Å². The summed E-state index contributed by atoms with van der Waals surface area (Å²) in [5.41, 5.74) is 0. The molecule has 66 valence electrons. The highest BCUT2D eigenvalue weighted by atomic mass is 28.2. The largest absolute Gasteiger partial charge is 0.402 e. The van der Waals surface area contributed by atoms with Gasteiger partial charge in [0.15, 0.2) is 6.29 Å². The molecule has 0 aliphatic carbocycles. The molecular weight excluding hydrogens is 168 g/mol. The highest BCUT2D eigenvalue weighted by molar-refractivity contribution is 5.98. The van der Waals surface area contributed by atoms with Crippen LogP contribution in [0.1, 0.15) is 0 Å². The van der Waals surface area contributed by atoms with Crippen molar-refractivity contribution in [3.63, 3.8) is 0 Å². The van der Waals surface area contributed by atoms with E-state index in [0.29, 0.717) is 10.5 Å². The predicted octanol–water partition coefficient (Wildman–Crippen LogP) is -3.28. The van der Waals surface area contributed by atoms with Crippen LogP contribution in [-0.2, 0) is 9.16 Å². The minimum atomic E-state index is -1.04. The normalized spacial score (nSPS) is 45.0. The van der Waals surface area contributed by atoms with E-state index in [2.05, 4.69) is 0 Å². The maximum absolute atomic E-state index is 9.17. The van der Waals surface area contributed by atoms with E-state index < -0.39 is 24.6 Å². The maximum Gasteiger partial charge on any atom is 0.176 e. The topological polar surface area (TPSA) is 79.2 Å². The Balaban J connectivity index is 2.53. The number of aliphatic hydroxyl groups excluding tert-OH is 3. The summed E-state index contributed by atoms with van der Waals surface area (Å²) in [4.78, 5) is 0. The van der Waals surface area contributed by atoms with Gasteiger partial charge in [0.25, 0.3) is 0 Å². The third-order valence-corrected chi connectivity index (χ3v) is 2.20. The highest BCUT2D eigenvalue weighted by Crippen LogP contribution is 2.20. The van der Waals surface area contributed by atoms with E-state index in [1.165, 1.54) is 0 Å². The first kappa shape index (κ1) is 9.11. The van der Waals surface area contributed by atoms with Gasteiger partial charge in [-0.15, -0.1) is 0 Å². The predicted molar refractivity (Wildman–Crippen MR) is 38.8 cm³/mol. The standard InChI is InChI=1S/C5H12O5Si/c6-1-2-3(7)4(8)5(9-2)10-11/h2-8H,1H2,11H3/t2-,3+,4-,5-/m1/s1. The van der Waals surface area contributed by atoms with Crippen LogP contribution in [0.5, 0.6) is 0 Å². The molecule has 1 fully saturated rings. The molecule has 1 heterocycles. The average Bonchev–Trinajstić information content (AvgIpc) is 2.30. The number of ether oxygens (including phenoxy) is 1. The van der Waals surface area contributed by atoms with Crippen molar-refractivity contribution >= 4 is 10.5 Å². The molecule has 1 aliphatic heterocycles. The zero-order chi connectivity index (χ0) is 8.43. The van der Waals surface area contributed by atoms with Gasteiger partial charge in [-0.2, -0.15) is 0 Å². The first-order chi connectivity index (χ1) is 5.20. The quantitative estimate of drug-likeness (QED) is 0.388. The van der Waals surface area contributed by atoms with Gasteiger partial charge in [0.2, 0.25) is 0 Å². The van der Waals surface area contributed by atoms with Gasteiger partial charge in [-0.1, -0.05) is 0 Å². The zero-order valence-electron chi connectivity index (χ0n) is 6.17. The molecule has 1 saturated heterocycles. The molecule has 0 spiro atoms. The summed E-state index contributed by atoms with van der Waals surface area (Å²) in [7, 11) is 0.427. The van der Waals surface area contributed by atoms with Crippen LogP contribution in [-0.4, -0.2) is 57.0 Å². The lowest BCUT2D eigenvalue weighted by molar-refractivity contribution is -0.113. The van der Waals surface area contributed by atoms with Gasteiger partial charge in [0.1, 0.15) is 28.8 Å². The van der Waals surface area contributed by atoms with Gasteiger partial charge < -0.3 is 24.5 Å². The van der Waals surface area contributed by atoms with Crippen LogP contribution in [0, 0.1) is 0 Å². The average molecular weight is 180 g/mol. The fourth-order valence-corrected chi connectivity index (χ4v) is 1.45. The first-order valence-electron chi connectivity index (χ1n) is 3.36. The molecule has 1 rings (SSSR count). The van der Waals surface area contributed by atoms with E-state index in [9.17, 15) is 5.11 Å². The highest BCUT2D eigenvalue weighted by Gasteiger charge is 2.42.